The minimum Gasteiger partial charge on any atom is -0.380 e. The number of aromatic nitrogens is 2. The summed E-state index contributed by atoms with van der Waals surface area (Å²) in [6.45, 7) is 0.492. The van der Waals surface area contributed by atoms with Crippen LogP contribution in [-0.2, 0) is 6.54 Å². The molecule has 0 unspecified atom stereocenters. The van der Waals surface area contributed by atoms with E-state index in [1.54, 1.807) is 36.9 Å². The Bertz CT molecular complexity index is 778. The van der Waals surface area contributed by atoms with Crippen LogP contribution in [0.15, 0.2) is 61.2 Å². The number of hydrogen-bond acceptors (Lipinski definition) is 3. The average molecular weight is 314 g/mol. The molecule has 0 radical (unpaired) electrons. The Morgan fingerprint density at radius 3 is 2.64 bits per heavy atom. The van der Waals surface area contributed by atoms with Gasteiger partial charge < -0.3 is 5.32 Å². The van der Waals surface area contributed by atoms with Crippen LogP contribution in [0.3, 0.4) is 0 Å². The zero-order valence-electron chi connectivity index (χ0n) is 11.6. The highest BCUT2D eigenvalue weighted by Gasteiger charge is 2.03. The van der Waals surface area contributed by atoms with E-state index in [4.69, 9.17) is 11.6 Å². The first kappa shape index (κ1) is 14.5. The molecule has 3 rings (SSSR count). The van der Waals surface area contributed by atoms with Crippen molar-refractivity contribution < 1.29 is 4.39 Å². The topological polar surface area (TPSA) is 37.8 Å². The van der Waals surface area contributed by atoms with Gasteiger partial charge in [0.15, 0.2) is 0 Å². The molecule has 2 heterocycles. The van der Waals surface area contributed by atoms with E-state index >= 15 is 0 Å². The highest BCUT2D eigenvalue weighted by Crippen LogP contribution is 2.21. The molecule has 0 aliphatic rings. The normalized spacial score (nSPS) is 10.5. The van der Waals surface area contributed by atoms with Crippen molar-refractivity contribution in [2.24, 2.45) is 0 Å². The van der Waals surface area contributed by atoms with Gasteiger partial charge in [0.2, 0.25) is 0 Å². The fraction of sp³-hybridized carbons (Fsp3) is 0.0588. The van der Waals surface area contributed by atoms with Crippen molar-refractivity contribution in [3.63, 3.8) is 0 Å². The van der Waals surface area contributed by atoms with Crippen molar-refractivity contribution in [3.05, 3.63) is 77.6 Å². The first-order chi connectivity index (χ1) is 10.7. The Balaban J connectivity index is 1.74. The number of benzene rings is 1. The van der Waals surface area contributed by atoms with Crippen molar-refractivity contribution >= 4 is 17.3 Å². The first-order valence-electron chi connectivity index (χ1n) is 6.75. The van der Waals surface area contributed by atoms with E-state index in [1.165, 1.54) is 6.07 Å². The Morgan fingerprint density at radius 2 is 1.86 bits per heavy atom. The average Bonchev–Trinajstić information content (AvgIpc) is 2.57. The number of anilines is 1. The fourth-order valence-corrected chi connectivity index (χ4v) is 2.20. The van der Waals surface area contributed by atoms with Crippen LogP contribution in [0.1, 0.15) is 5.56 Å². The fourth-order valence-electron chi connectivity index (χ4n) is 2.08. The van der Waals surface area contributed by atoms with Crippen molar-refractivity contribution in [3.8, 4) is 11.1 Å². The second-order valence-corrected chi connectivity index (χ2v) is 5.21. The van der Waals surface area contributed by atoms with Gasteiger partial charge >= 0.3 is 0 Å². The van der Waals surface area contributed by atoms with Gasteiger partial charge in [-0.05, 0) is 29.8 Å². The molecule has 0 amide bonds. The number of rotatable bonds is 4. The van der Waals surface area contributed by atoms with E-state index in [1.807, 2.05) is 18.2 Å². The van der Waals surface area contributed by atoms with Crippen LogP contribution >= 0.6 is 11.6 Å². The van der Waals surface area contributed by atoms with Crippen LogP contribution in [-0.4, -0.2) is 9.97 Å². The molecule has 0 fully saturated rings. The van der Waals surface area contributed by atoms with Gasteiger partial charge in [-0.1, -0.05) is 23.7 Å². The number of hydrogen-bond donors (Lipinski definition) is 1. The lowest BCUT2D eigenvalue weighted by atomic mass is 10.1. The summed E-state index contributed by atoms with van der Waals surface area (Å²) in [5.74, 6) is -0.414. The Hall–Kier alpha value is -2.46. The lowest BCUT2D eigenvalue weighted by Crippen LogP contribution is -2.00. The third-order valence-electron chi connectivity index (χ3n) is 3.21. The maximum Gasteiger partial charge on any atom is 0.142 e. The molecule has 110 valence electrons. The molecule has 0 saturated heterocycles. The van der Waals surface area contributed by atoms with Gasteiger partial charge in [0, 0.05) is 42.5 Å². The van der Waals surface area contributed by atoms with E-state index in [2.05, 4.69) is 15.3 Å². The van der Waals surface area contributed by atoms with Crippen LogP contribution in [0.2, 0.25) is 5.02 Å². The molecular weight excluding hydrogens is 301 g/mol. The second kappa shape index (κ2) is 6.54. The van der Waals surface area contributed by atoms with Crippen LogP contribution < -0.4 is 5.32 Å². The van der Waals surface area contributed by atoms with Crippen LogP contribution in [0.25, 0.3) is 11.1 Å². The maximum atomic E-state index is 13.4. The monoisotopic (exact) mass is 313 g/mol. The molecule has 22 heavy (non-hydrogen) atoms. The smallest absolute Gasteiger partial charge is 0.142 e. The molecule has 1 aromatic carbocycles. The van der Waals surface area contributed by atoms with Crippen molar-refractivity contribution in [2.45, 2.75) is 6.54 Å². The molecule has 0 aliphatic heterocycles. The molecule has 0 saturated carbocycles. The molecular formula is C17H13ClFN3. The van der Waals surface area contributed by atoms with Gasteiger partial charge in [0.25, 0.3) is 0 Å². The zero-order chi connectivity index (χ0) is 15.4. The van der Waals surface area contributed by atoms with Gasteiger partial charge in [0.05, 0.1) is 10.7 Å². The van der Waals surface area contributed by atoms with Crippen molar-refractivity contribution in [1.29, 1.82) is 0 Å². The third kappa shape index (κ3) is 3.40. The Morgan fingerprint density at radius 1 is 1.00 bits per heavy atom. The van der Waals surface area contributed by atoms with E-state index in [-0.39, 0.29) is 5.02 Å². The van der Waals surface area contributed by atoms with Crippen LogP contribution in [0, 0.1) is 5.82 Å². The van der Waals surface area contributed by atoms with Crippen molar-refractivity contribution in [2.75, 3.05) is 5.32 Å². The van der Waals surface area contributed by atoms with Crippen LogP contribution in [0.5, 0.6) is 0 Å². The van der Waals surface area contributed by atoms with Crippen LogP contribution in [0.4, 0.5) is 10.1 Å². The van der Waals surface area contributed by atoms with E-state index in [0.717, 1.165) is 22.4 Å². The molecule has 0 spiro atoms. The summed E-state index contributed by atoms with van der Waals surface area (Å²) in [6, 6.07) is 10.6. The molecule has 0 aliphatic carbocycles. The summed E-state index contributed by atoms with van der Waals surface area (Å²) in [5, 5.41) is 3.35. The quantitative estimate of drug-likeness (QED) is 0.768. The third-order valence-corrected chi connectivity index (χ3v) is 3.52. The molecule has 1 N–H and O–H groups in total. The van der Waals surface area contributed by atoms with E-state index in [0.29, 0.717) is 6.54 Å². The number of pyridine rings is 2. The van der Waals surface area contributed by atoms with Gasteiger partial charge in [-0.3, -0.25) is 9.97 Å². The zero-order valence-corrected chi connectivity index (χ0v) is 12.4. The summed E-state index contributed by atoms with van der Waals surface area (Å²) in [4.78, 5) is 8.32. The molecule has 5 heteroatoms. The molecule has 3 aromatic rings. The predicted molar refractivity (Wildman–Crippen MR) is 86.2 cm³/mol. The Kier molecular flexibility index (Phi) is 4.30. The summed E-state index contributed by atoms with van der Waals surface area (Å²) < 4.78 is 13.4. The van der Waals surface area contributed by atoms with Crippen molar-refractivity contribution in [1.82, 2.24) is 9.97 Å². The number of nitrogens with one attached hydrogen (secondary N) is 1. The maximum absolute atomic E-state index is 13.4. The minimum atomic E-state index is -0.414. The van der Waals surface area contributed by atoms with Gasteiger partial charge in [-0.2, -0.15) is 0 Å². The molecule has 0 bridgehead atoms. The predicted octanol–water partition coefficient (Wildman–Crippen LogP) is 4.55. The number of halogens is 2. The highest BCUT2D eigenvalue weighted by molar-refractivity contribution is 6.30. The number of nitrogens with zero attached hydrogens (tertiary/aromatic N) is 2. The minimum absolute atomic E-state index is 0.129. The summed E-state index contributed by atoms with van der Waals surface area (Å²) >= 11 is 5.68. The molecule has 2 aromatic heterocycles. The summed E-state index contributed by atoms with van der Waals surface area (Å²) in [5.41, 5.74) is 3.64. The Labute approximate surface area is 132 Å². The summed E-state index contributed by atoms with van der Waals surface area (Å²) in [6.07, 6.45) is 7.03. The van der Waals surface area contributed by atoms with Gasteiger partial charge in [-0.15, -0.1) is 0 Å². The molecule has 3 nitrogen and oxygen atoms in total. The van der Waals surface area contributed by atoms with E-state index < -0.39 is 5.82 Å². The van der Waals surface area contributed by atoms with E-state index in [9.17, 15) is 4.39 Å². The molecule has 0 atom stereocenters. The lowest BCUT2D eigenvalue weighted by molar-refractivity contribution is 0.626. The summed E-state index contributed by atoms with van der Waals surface area (Å²) in [7, 11) is 0. The standard InChI is InChI=1S/C17H13ClFN3/c18-16-4-3-12(6-17(16)19)8-22-15-7-14(10-21-11-15)13-2-1-5-20-9-13/h1-7,9-11,22H,8H2. The highest BCUT2D eigenvalue weighted by atomic mass is 35.5. The first-order valence-corrected chi connectivity index (χ1v) is 7.13. The SMILES string of the molecule is Fc1cc(CNc2cncc(-c3cccnc3)c2)ccc1Cl. The van der Waals surface area contributed by atoms with Gasteiger partial charge in [0.1, 0.15) is 5.82 Å². The lowest BCUT2D eigenvalue weighted by Gasteiger charge is -2.08. The van der Waals surface area contributed by atoms with Gasteiger partial charge in [-0.25, -0.2) is 4.39 Å². The second-order valence-electron chi connectivity index (χ2n) is 4.81. The largest absolute Gasteiger partial charge is 0.380 e.